The number of carbonyl (C=O) groups is 1. The number of carbonyl (C=O) groups excluding carboxylic acids is 1. The molecule has 4 aromatic rings. The molecule has 14 heteroatoms. The summed E-state index contributed by atoms with van der Waals surface area (Å²) in [4.78, 5) is 41.6. The minimum atomic E-state index is -4.30. The lowest BCUT2D eigenvalue weighted by atomic mass is 10.0. The first-order valence-corrected chi connectivity index (χ1v) is 15.0. The number of esters is 1. The highest BCUT2D eigenvalue weighted by molar-refractivity contribution is 7.52. The number of hydrogen-bond donors (Lipinski definition) is 3. The van der Waals surface area contributed by atoms with Crippen molar-refractivity contribution < 1.29 is 32.3 Å². The van der Waals surface area contributed by atoms with Crippen LogP contribution in [-0.4, -0.2) is 51.0 Å². The standard InChI is InChI=1S/C28H32FN4O8P/c1-16(2)39-25(35)17(3)32-42(37,41-18-9-10-23-21(13-18)20-7-5-6-8-22(20)30-23)38-15-19-14-28(4,29)26(40-19)33-12-11-24(34)31-27(33)36/h5-13,16-17,19,26,30H,14-15H2,1-4H3,(H,32,37)(H,31,34,36). The average Bonchev–Trinajstić information content (AvgIpc) is 3.43. The molecule has 42 heavy (non-hydrogen) atoms. The highest BCUT2D eigenvalue weighted by Crippen LogP contribution is 2.48. The topological polar surface area (TPSA) is 154 Å². The first kappa shape index (κ1) is 29.7. The molecule has 1 saturated heterocycles. The number of fused-ring (bicyclic) bond motifs is 3. The summed E-state index contributed by atoms with van der Waals surface area (Å²) in [5.41, 5.74) is -1.74. The molecule has 1 aliphatic rings. The van der Waals surface area contributed by atoms with Gasteiger partial charge < -0.3 is 19.0 Å². The van der Waals surface area contributed by atoms with Gasteiger partial charge >= 0.3 is 19.4 Å². The quantitative estimate of drug-likeness (QED) is 0.178. The average molecular weight is 603 g/mol. The molecular formula is C28H32FN4O8P. The molecule has 0 spiro atoms. The zero-order chi connectivity index (χ0) is 30.2. The summed E-state index contributed by atoms with van der Waals surface area (Å²) in [6, 6.07) is 12.7. The first-order valence-electron chi connectivity index (χ1n) is 13.4. The zero-order valence-corrected chi connectivity index (χ0v) is 24.4. The van der Waals surface area contributed by atoms with E-state index in [2.05, 4.69) is 15.1 Å². The second-order valence-corrected chi connectivity index (χ2v) is 12.4. The van der Waals surface area contributed by atoms with E-state index in [0.717, 1.165) is 38.6 Å². The van der Waals surface area contributed by atoms with Crippen molar-refractivity contribution in [1.82, 2.24) is 19.6 Å². The summed E-state index contributed by atoms with van der Waals surface area (Å²) in [6.45, 7) is 5.67. The first-order chi connectivity index (χ1) is 19.8. The molecular weight excluding hydrogens is 570 g/mol. The molecule has 0 aliphatic carbocycles. The van der Waals surface area contributed by atoms with E-state index in [1.165, 1.54) is 13.8 Å². The Labute approximate surface area is 239 Å². The Bertz CT molecular complexity index is 1780. The summed E-state index contributed by atoms with van der Waals surface area (Å²) in [5.74, 6) is -0.469. The number of rotatable bonds is 10. The van der Waals surface area contributed by atoms with Gasteiger partial charge in [0.2, 0.25) is 0 Å². The van der Waals surface area contributed by atoms with Gasteiger partial charge in [-0.1, -0.05) is 18.2 Å². The summed E-state index contributed by atoms with van der Waals surface area (Å²) in [6.07, 6.45) is -1.79. The Hall–Kier alpha value is -3.77. The van der Waals surface area contributed by atoms with Crippen molar-refractivity contribution in [2.45, 2.75) is 64.3 Å². The maximum absolute atomic E-state index is 15.5. The monoisotopic (exact) mass is 602 g/mol. The molecule has 2 aromatic carbocycles. The third kappa shape index (κ3) is 6.34. The minimum absolute atomic E-state index is 0.202. The third-order valence-electron chi connectivity index (χ3n) is 6.76. The molecule has 2 aromatic heterocycles. The lowest BCUT2D eigenvalue weighted by Gasteiger charge is -2.24. The highest BCUT2D eigenvalue weighted by Gasteiger charge is 2.48. The maximum Gasteiger partial charge on any atom is 0.459 e. The number of aromatic nitrogens is 3. The van der Waals surface area contributed by atoms with Gasteiger partial charge in [0, 0.05) is 40.5 Å². The fourth-order valence-electron chi connectivity index (χ4n) is 4.90. The van der Waals surface area contributed by atoms with Crippen LogP contribution < -0.4 is 20.9 Å². The molecule has 0 bridgehead atoms. The molecule has 5 rings (SSSR count). The van der Waals surface area contributed by atoms with Crippen LogP contribution in [0.3, 0.4) is 0 Å². The number of nitrogens with zero attached hydrogens (tertiary/aromatic N) is 1. The van der Waals surface area contributed by atoms with Crippen molar-refractivity contribution in [3.05, 3.63) is 75.6 Å². The summed E-state index contributed by atoms with van der Waals surface area (Å²) in [7, 11) is -4.30. The number of benzene rings is 2. The molecule has 1 fully saturated rings. The fraction of sp³-hybridized carbons (Fsp3) is 0.393. The van der Waals surface area contributed by atoms with Crippen molar-refractivity contribution in [3.63, 3.8) is 0 Å². The number of ether oxygens (including phenoxy) is 2. The Morgan fingerprint density at radius 2 is 1.88 bits per heavy atom. The maximum atomic E-state index is 15.5. The Morgan fingerprint density at radius 1 is 1.14 bits per heavy atom. The molecule has 3 heterocycles. The molecule has 3 N–H and O–H groups in total. The Balaban J connectivity index is 1.38. The van der Waals surface area contributed by atoms with E-state index in [4.69, 9.17) is 18.5 Å². The van der Waals surface area contributed by atoms with Crippen LogP contribution in [0, 0.1) is 0 Å². The largest absolute Gasteiger partial charge is 0.462 e. The second-order valence-electron chi connectivity index (χ2n) is 10.7. The molecule has 0 amide bonds. The highest BCUT2D eigenvalue weighted by atomic mass is 31.2. The van der Waals surface area contributed by atoms with Crippen molar-refractivity contribution in [3.8, 4) is 5.75 Å². The SMILES string of the molecule is CC(C)OC(=O)C(C)NP(=O)(OCC1CC(C)(F)C(n2ccc(=O)[nH]c2=O)O1)Oc1ccc2[nH]c3ccccc3c2c1. The van der Waals surface area contributed by atoms with Gasteiger partial charge in [0.05, 0.1) is 18.8 Å². The van der Waals surface area contributed by atoms with Crippen LogP contribution in [0.4, 0.5) is 4.39 Å². The number of alkyl halides is 1. The van der Waals surface area contributed by atoms with Crippen LogP contribution in [0.15, 0.2) is 64.3 Å². The molecule has 224 valence electrons. The van der Waals surface area contributed by atoms with Gasteiger partial charge in [0.15, 0.2) is 11.9 Å². The third-order valence-corrected chi connectivity index (χ3v) is 8.40. The van der Waals surface area contributed by atoms with E-state index in [9.17, 15) is 18.9 Å². The van der Waals surface area contributed by atoms with E-state index >= 15 is 4.39 Å². The van der Waals surface area contributed by atoms with E-state index < -0.39 is 61.7 Å². The van der Waals surface area contributed by atoms with Gasteiger partial charge in [-0.05, 0) is 52.0 Å². The van der Waals surface area contributed by atoms with Crippen molar-refractivity contribution in [2.24, 2.45) is 0 Å². The van der Waals surface area contributed by atoms with Crippen LogP contribution in [-0.2, 0) is 23.4 Å². The molecule has 0 radical (unpaired) electrons. The normalized spacial score (nSPS) is 22.8. The predicted molar refractivity (Wildman–Crippen MR) is 153 cm³/mol. The number of halogens is 1. The fourth-order valence-corrected chi connectivity index (χ4v) is 6.42. The number of para-hydroxylation sites is 1. The van der Waals surface area contributed by atoms with Gasteiger partial charge in [0.1, 0.15) is 11.8 Å². The van der Waals surface area contributed by atoms with E-state index in [1.807, 2.05) is 24.3 Å². The van der Waals surface area contributed by atoms with Crippen LogP contribution in [0.25, 0.3) is 21.8 Å². The molecule has 1 aliphatic heterocycles. The van der Waals surface area contributed by atoms with E-state index in [0.29, 0.717) is 0 Å². The van der Waals surface area contributed by atoms with Crippen molar-refractivity contribution >= 4 is 35.5 Å². The molecule has 5 atom stereocenters. The van der Waals surface area contributed by atoms with Gasteiger partial charge in [-0.2, -0.15) is 5.09 Å². The smallest absolute Gasteiger partial charge is 0.459 e. The molecule has 12 nitrogen and oxygen atoms in total. The second kappa shape index (κ2) is 11.5. The van der Waals surface area contributed by atoms with Crippen LogP contribution in [0.1, 0.15) is 40.3 Å². The van der Waals surface area contributed by atoms with Gasteiger partial charge in [0.25, 0.3) is 5.56 Å². The van der Waals surface area contributed by atoms with Gasteiger partial charge in [-0.3, -0.25) is 23.7 Å². The van der Waals surface area contributed by atoms with Gasteiger partial charge in [-0.25, -0.2) is 13.8 Å². The van der Waals surface area contributed by atoms with Crippen molar-refractivity contribution in [1.29, 1.82) is 0 Å². The lowest BCUT2D eigenvalue weighted by molar-refractivity contribution is -0.149. The lowest BCUT2D eigenvalue weighted by Crippen LogP contribution is -2.38. The van der Waals surface area contributed by atoms with Crippen molar-refractivity contribution in [2.75, 3.05) is 6.61 Å². The molecule has 5 unspecified atom stereocenters. The minimum Gasteiger partial charge on any atom is -0.462 e. The number of hydrogen-bond acceptors (Lipinski definition) is 8. The Morgan fingerprint density at radius 3 is 2.62 bits per heavy atom. The van der Waals surface area contributed by atoms with E-state index in [-0.39, 0.29) is 12.2 Å². The van der Waals surface area contributed by atoms with Crippen LogP contribution >= 0.6 is 7.75 Å². The number of H-pyrrole nitrogens is 2. The Kier molecular flexibility index (Phi) is 8.13. The predicted octanol–water partition coefficient (Wildman–Crippen LogP) is 4.32. The molecule has 0 saturated carbocycles. The van der Waals surface area contributed by atoms with E-state index in [1.54, 1.807) is 32.0 Å². The number of aromatic amines is 2. The summed E-state index contributed by atoms with van der Waals surface area (Å²) < 4.78 is 53.1. The van der Waals surface area contributed by atoms with Gasteiger partial charge in [-0.15, -0.1) is 0 Å². The number of nitrogens with one attached hydrogen (secondary N) is 3. The van der Waals surface area contributed by atoms with Crippen LogP contribution in [0.2, 0.25) is 0 Å². The van der Waals surface area contributed by atoms with Crippen LogP contribution in [0.5, 0.6) is 5.75 Å². The summed E-state index contributed by atoms with van der Waals surface area (Å²) >= 11 is 0. The zero-order valence-electron chi connectivity index (χ0n) is 23.5. The summed E-state index contributed by atoms with van der Waals surface area (Å²) in [5, 5.41) is 4.37.